The first kappa shape index (κ1) is 13.8. The highest BCUT2D eigenvalue weighted by Gasteiger charge is 2.04. The van der Waals surface area contributed by atoms with Crippen LogP contribution in [0.1, 0.15) is 18.9 Å². The SMILES string of the molecule is CC/C(=C/COc1cc(Br)ccc1C)C(=O)O. The maximum absolute atomic E-state index is 10.8. The number of carbonyl (C=O) groups is 1. The highest BCUT2D eigenvalue weighted by Crippen LogP contribution is 2.22. The van der Waals surface area contributed by atoms with Crippen molar-refractivity contribution in [2.24, 2.45) is 0 Å². The third-order valence-corrected chi connectivity index (χ3v) is 2.87. The maximum atomic E-state index is 10.8. The number of rotatable bonds is 5. The van der Waals surface area contributed by atoms with Crippen LogP contribution in [0.3, 0.4) is 0 Å². The van der Waals surface area contributed by atoms with Gasteiger partial charge >= 0.3 is 5.97 Å². The number of ether oxygens (including phenoxy) is 1. The molecule has 1 rings (SSSR count). The van der Waals surface area contributed by atoms with E-state index in [2.05, 4.69) is 15.9 Å². The molecule has 0 aliphatic carbocycles. The highest BCUT2D eigenvalue weighted by molar-refractivity contribution is 9.10. The molecule has 1 N–H and O–H groups in total. The first-order valence-electron chi connectivity index (χ1n) is 5.36. The van der Waals surface area contributed by atoms with Crippen molar-refractivity contribution in [2.75, 3.05) is 6.61 Å². The van der Waals surface area contributed by atoms with Gasteiger partial charge in [-0.3, -0.25) is 0 Å². The largest absolute Gasteiger partial charge is 0.489 e. The number of benzene rings is 1. The molecule has 0 aromatic heterocycles. The Bertz CT molecular complexity index is 438. The molecule has 0 atom stereocenters. The van der Waals surface area contributed by atoms with Gasteiger partial charge in [0.05, 0.1) is 0 Å². The topological polar surface area (TPSA) is 46.5 Å². The molecule has 4 heteroatoms. The molecule has 1 aromatic carbocycles. The normalized spacial score (nSPS) is 11.4. The molecule has 0 aliphatic heterocycles. The fourth-order valence-corrected chi connectivity index (χ4v) is 1.68. The van der Waals surface area contributed by atoms with Crippen molar-refractivity contribution in [3.05, 3.63) is 39.9 Å². The molecule has 0 saturated heterocycles. The minimum absolute atomic E-state index is 0.271. The lowest BCUT2D eigenvalue weighted by Crippen LogP contribution is -2.03. The van der Waals surface area contributed by atoms with Crippen LogP contribution in [0.2, 0.25) is 0 Å². The summed E-state index contributed by atoms with van der Waals surface area (Å²) in [7, 11) is 0. The summed E-state index contributed by atoms with van der Waals surface area (Å²) in [5.74, 6) is -0.126. The van der Waals surface area contributed by atoms with Gasteiger partial charge in [0.25, 0.3) is 0 Å². The number of hydrogen-bond acceptors (Lipinski definition) is 2. The summed E-state index contributed by atoms with van der Waals surface area (Å²) >= 11 is 3.36. The van der Waals surface area contributed by atoms with Gasteiger partial charge in [0.2, 0.25) is 0 Å². The lowest BCUT2D eigenvalue weighted by Gasteiger charge is -2.07. The summed E-state index contributed by atoms with van der Waals surface area (Å²) in [5, 5.41) is 8.84. The van der Waals surface area contributed by atoms with Gasteiger partial charge in [0.1, 0.15) is 12.4 Å². The summed E-state index contributed by atoms with van der Waals surface area (Å²) in [6, 6.07) is 5.75. The zero-order chi connectivity index (χ0) is 12.8. The van der Waals surface area contributed by atoms with Crippen molar-refractivity contribution in [1.29, 1.82) is 0 Å². The van der Waals surface area contributed by atoms with Gasteiger partial charge in [-0.2, -0.15) is 0 Å². The molecule has 0 bridgehead atoms. The molecule has 0 radical (unpaired) electrons. The van der Waals surface area contributed by atoms with Gasteiger partial charge < -0.3 is 9.84 Å². The van der Waals surface area contributed by atoms with E-state index in [0.717, 1.165) is 15.8 Å². The van der Waals surface area contributed by atoms with Crippen LogP contribution in [-0.2, 0) is 4.79 Å². The van der Waals surface area contributed by atoms with Crippen molar-refractivity contribution in [2.45, 2.75) is 20.3 Å². The van der Waals surface area contributed by atoms with E-state index >= 15 is 0 Å². The standard InChI is InChI=1S/C13H15BrO3/c1-3-10(13(15)16)6-7-17-12-8-11(14)5-4-9(12)2/h4-6,8H,3,7H2,1-2H3,(H,15,16)/b10-6-. The second-order valence-electron chi connectivity index (χ2n) is 3.61. The van der Waals surface area contributed by atoms with Crippen molar-refractivity contribution in [1.82, 2.24) is 0 Å². The number of carboxylic acid groups (broad SMARTS) is 1. The minimum Gasteiger partial charge on any atom is -0.489 e. The Kier molecular flexibility index (Phi) is 5.22. The number of aryl methyl sites for hydroxylation is 1. The fourth-order valence-electron chi connectivity index (χ4n) is 1.34. The molecular weight excluding hydrogens is 284 g/mol. The van der Waals surface area contributed by atoms with Crippen molar-refractivity contribution >= 4 is 21.9 Å². The minimum atomic E-state index is -0.887. The van der Waals surface area contributed by atoms with Crippen molar-refractivity contribution in [3.8, 4) is 5.75 Å². The Morgan fingerprint density at radius 2 is 2.24 bits per heavy atom. The van der Waals surface area contributed by atoms with Crippen LogP contribution >= 0.6 is 15.9 Å². The van der Waals surface area contributed by atoms with E-state index in [9.17, 15) is 4.79 Å². The third-order valence-electron chi connectivity index (χ3n) is 2.37. The smallest absolute Gasteiger partial charge is 0.331 e. The van der Waals surface area contributed by atoms with Gasteiger partial charge in [0, 0.05) is 10.0 Å². The maximum Gasteiger partial charge on any atom is 0.331 e. The number of halogens is 1. The molecule has 0 unspecified atom stereocenters. The molecule has 0 spiro atoms. The zero-order valence-corrected chi connectivity index (χ0v) is 11.5. The second-order valence-corrected chi connectivity index (χ2v) is 4.52. The Hall–Kier alpha value is -1.29. The Balaban J connectivity index is 2.67. The predicted molar refractivity (Wildman–Crippen MR) is 70.4 cm³/mol. The lowest BCUT2D eigenvalue weighted by atomic mass is 10.2. The molecule has 0 amide bonds. The quantitative estimate of drug-likeness (QED) is 0.846. The monoisotopic (exact) mass is 298 g/mol. The Morgan fingerprint density at radius 1 is 1.53 bits per heavy atom. The molecule has 1 aromatic rings. The highest BCUT2D eigenvalue weighted by atomic mass is 79.9. The van der Waals surface area contributed by atoms with Gasteiger partial charge in [-0.1, -0.05) is 28.9 Å². The van der Waals surface area contributed by atoms with Gasteiger partial charge in [-0.25, -0.2) is 4.79 Å². The van der Waals surface area contributed by atoms with Crippen LogP contribution in [0.15, 0.2) is 34.3 Å². The summed E-state index contributed by atoms with van der Waals surface area (Å²) in [6.45, 7) is 4.03. The predicted octanol–water partition coefficient (Wildman–Crippen LogP) is 3.56. The zero-order valence-electron chi connectivity index (χ0n) is 9.87. The lowest BCUT2D eigenvalue weighted by molar-refractivity contribution is -0.132. The van der Waals surface area contributed by atoms with Crippen LogP contribution in [0, 0.1) is 6.92 Å². The van der Waals surface area contributed by atoms with E-state index < -0.39 is 5.97 Å². The molecule has 0 aliphatic rings. The average molecular weight is 299 g/mol. The third kappa shape index (κ3) is 4.23. The van der Waals surface area contributed by atoms with Gasteiger partial charge in [-0.05, 0) is 37.1 Å². The van der Waals surface area contributed by atoms with E-state index in [0.29, 0.717) is 12.0 Å². The van der Waals surface area contributed by atoms with E-state index in [1.165, 1.54) is 0 Å². The molecule has 0 fully saturated rings. The van der Waals surface area contributed by atoms with E-state index in [-0.39, 0.29) is 6.61 Å². The molecule has 0 heterocycles. The Morgan fingerprint density at radius 3 is 2.82 bits per heavy atom. The van der Waals surface area contributed by atoms with Crippen molar-refractivity contribution < 1.29 is 14.6 Å². The van der Waals surface area contributed by atoms with Crippen LogP contribution < -0.4 is 4.74 Å². The fraction of sp³-hybridized carbons (Fsp3) is 0.308. The van der Waals surface area contributed by atoms with Gasteiger partial charge in [0.15, 0.2) is 0 Å². The summed E-state index contributed by atoms with van der Waals surface area (Å²) < 4.78 is 6.47. The first-order valence-corrected chi connectivity index (χ1v) is 6.15. The number of carboxylic acids is 1. The molecule has 3 nitrogen and oxygen atoms in total. The first-order chi connectivity index (χ1) is 8.04. The van der Waals surface area contributed by atoms with E-state index in [1.54, 1.807) is 6.08 Å². The van der Waals surface area contributed by atoms with E-state index in [4.69, 9.17) is 9.84 Å². The van der Waals surface area contributed by atoms with Crippen LogP contribution in [0.4, 0.5) is 0 Å². The van der Waals surface area contributed by atoms with Crippen molar-refractivity contribution in [3.63, 3.8) is 0 Å². The van der Waals surface area contributed by atoms with Gasteiger partial charge in [-0.15, -0.1) is 0 Å². The molecule has 17 heavy (non-hydrogen) atoms. The summed E-state index contributed by atoms with van der Waals surface area (Å²) in [4.78, 5) is 10.8. The summed E-state index contributed by atoms with van der Waals surface area (Å²) in [5.41, 5.74) is 1.40. The molecular formula is C13H15BrO3. The Labute approximate surface area is 109 Å². The van der Waals surface area contributed by atoms with Crippen LogP contribution in [-0.4, -0.2) is 17.7 Å². The van der Waals surface area contributed by atoms with Crippen LogP contribution in [0.25, 0.3) is 0 Å². The van der Waals surface area contributed by atoms with E-state index in [1.807, 2.05) is 32.0 Å². The second kappa shape index (κ2) is 6.45. The number of aliphatic carboxylic acids is 1. The number of hydrogen-bond donors (Lipinski definition) is 1. The average Bonchev–Trinajstić information content (AvgIpc) is 2.28. The molecule has 0 saturated carbocycles. The van der Waals surface area contributed by atoms with Crippen LogP contribution in [0.5, 0.6) is 5.75 Å². The summed E-state index contributed by atoms with van der Waals surface area (Å²) in [6.07, 6.45) is 2.10. The molecule has 92 valence electrons.